The molecule has 4 aromatic carbocycles. The Morgan fingerprint density at radius 1 is 0.851 bits per heavy atom. The third kappa shape index (κ3) is 7.77. The zero-order chi connectivity index (χ0) is 32.8. The van der Waals surface area contributed by atoms with Crippen LogP contribution in [0.1, 0.15) is 60.8 Å². The van der Waals surface area contributed by atoms with Gasteiger partial charge >= 0.3 is 5.97 Å². The van der Waals surface area contributed by atoms with Gasteiger partial charge in [0, 0.05) is 30.9 Å². The molecule has 0 radical (unpaired) electrons. The van der Waals surface area contributed by atoms with Crippen LogP contribution in [0.25, 0.3) is 22.2 Å². The average molecular weight is 634 g/mol. The number of nitrogens with one attached hydrogen (secondary N) is 1. The molecule has 4 atom stereocenters. The molecule has 9 heteroatoms. The number of hydrogen-bond acceptors (Lipinski definition) is 6. The highest BCUT2D eigenvalue weighted by Gasteiger charge is 2.38. The summed E-state index contributed by atoms with van der Waals surface area (Å²) in [5, 5.41) is 21.2. The molecular formula is C38H39N3O6. The van der Waals surface area contributed by atoms with Gasteiger partial charge in [0.25, 0.3) is 0 Å². The highest BCUT2D eigenvalue weighted by molar-refractivity contribution is 5.77. The van der Waals surface area contributed by atoms with E-state index in [4.69, 9.17) is 14.6 Å². The number of aliphatic hydroxyl groups is 1. The lowest BCUT2D eigenvalue weighted by Crippen LogP contribution is -2.39. The van der Waals surface area contributed by atoms with Crippen LogP contribution in [0.3, 0.4) is 0 Å². The zero-order valence-corrected chi connectivity index (χ0v) is 26.3. The molecule has 0 spiro atoms. The maximum Gasteiger partial charge on any atom is 0.303 e. The van der Waals surface area contributed by atoms with Crippen molar-refractivity contribution in [1.29, 1.82) is 0 Å². The Morgan fingerprint density at radius 3 is 2.38 bits per heavy atom. The number of carbonyl (C=O) groups is 2. The van der Waals surface area contributed by atoms with Crippen LogP contribution < -0.4 is 5.32 Å². The minimum atomic E-state index is -0.899. The fourth-order valence-electron chi connectivity index (χ4n) is 6.06. The first-order valence-electron chi connectivity index (χ1n) is 16.0. The van der Waals surface area contributed by atoms with Gasteiger partial charge < -0.3 is 29.6 Å². The van der Waals surface area contributed by atoms with Gasteiger partial charge in [0.15, 0.2) is 6.29 Å². The van der Waals surface area contributed by atoms with Crippen molar-refractivity contribution in [1.82, 2.24) is 14.9 Å². The third-order valence-corrected chi connectivity index (χ3v) is 8.75. The number of benzene rings is 4. The molecule has 9 nitrogen and oxygen atoms in total. The normalized spacial score (nSPS) is 19.4. The number of carboxylic acid groups (broad SMARTS) is 1. The molecule has 1 saturated heterocycles. The number of rotatable bonds is 12. The number of aromatic nitrogens is 2. The molecule has 0 saturated carbocycles. The summed E-state index contributed by atoms with van der Waals surface area (Å²) in [6.07, 6.45) is 1.37. The van der Waals surface area contributed by atoms with Gasteiger partial charge in [0.2, 0.25) is 5.91 Å². The Balaban J connectivity index is 1.19. The molecule has 47 heavy (non-hydrogen) atoms. The Hall–Kier alpha value is -4.83. The van der Waals surface area contributed by atoms with Crippen LogP contribution in [0.4, 0.5) is 0 Å². The van der Waals surface area contributed by atoms with E-state index in [1.807, 2.05) is 97.3 Å². The fraction of sp³-hybridized carbons (Fsp3) is 0.289. The van der Waals surface area contributed by atoms with E-state index in [-0.39, 0.29) is 43.5 Å². The van der Waals surface area contributed by atoms with Gasteiger partial charge in [-0.1, -0.05) is 85.8 Å². The third-order valence-electron chi connectivity index (χ3n) is 8.75. The smallest absolute Gasteiger partial charge is 0.303 e. The standard InChI is InChI=1S/C38H39N3O6/c1-25-34(22-41-24-40-32-8-2-3-9-33(32)41)46-38(47-37(25)29-14-12-26(23-42)13-15-29)30-18-16-28(17-19-30)31-7-4-6-27(20-31)21-39-35(43)10-5-11-36(44)45/h2-4,6-9,12-20,24-25,34,37-38,42H,5,10-11,21-23H2,1H3,(H,39,43)(H,44,45)/t25-,34+,37+,38+/m0/s1. The van der Waals surface area contributed by atoms with E-state index in [2.05, 4.69) is 27.9 Å². The summed E-state index contributed by atoms with van der Waals surface area (Å²) in [4.78, 5) is 27.4. The van der Waals surface area contributed by atoms with Crippen molar-refractivity contribution in [2.24, 2.45) is 5.92 Å². The van der Waals surface area contributed by atoms with Crippen LogP contribution in [0.5, 0.6) is 0 Å². The van der Waals surface area contributed by atoms with Crippen molar-refractivity contribution in [3.63, 3.8) is 0 Å². The van der Waals surface area contributed by atoms with E-state index in [1.165, 1.54) is 0 Å². The van der Waals surface area contributed by atoms with Crippen LogP contribution in [-0.4, -0.2) is 37.7 Å². The van der Waals surface area contributed by atoms with Crippen LogP contribution >= 0.6 is 0 Å². The number of nitrogens with zero attached hydrogens (tertiary/aromatic N) is 2. The van der Waals surface area contributed by atoms with E-state index in [0.29, 0.717) is 19.5 Å². The summed E-state index contributed by atoms with van der Waals surface area (Å²) >= 11 is 0. The Morgan fingerprint density at radius 2 is 1.62 bits per heavy atom. The molecule has 1 amide bonds. The number of para-hydroxylation sites is 2. The van der Waals surface area contributed by atoms with E-state index < -0.39 is 12.3 Å². The first-order chi connectivity index (χ1) is 22.9. The minimum absolute atomic E-state index is 0.0120. The molecule has 1 aliphatic heterocycles. The second-order valence-corrected chi connectivity index (χ2v) is 12.1. The highest BCUT2D eigenvalue weighted by atomic mass is 16.7. The number of carboxylic acids is 1. The van der Waals surface area contributed by atoms with Crippen LogP contribution in [0, 0.1) is 5.92 Å². The van der Waals surface area contributed by atoms with Gasteiger partial charge in [0.1, 0.15) is 0 Å². The molecule has 1 aliphatic rings. The summed E-state index contributed by atoms with van der Waals surface area (Å²) in [7, 11) is 0. The lowest BCUT2D eigenvalue weighted by molar-refractivity contribution is -0.276. The van der Waals surface area contributed by atoms with Crippen molar-refractivity contribution in [2.45, 2.75) is 64.4 Å². The second kappa shape index (κ2) is 14.7. The van der Waals surface area contributed by atoms with Gasteiger partial charge in [-0.3, -0.25) is 9.59 Å². The van der Waals surface area contributed by atoms with Crippen molar-refractivity contribution in [2.75, 3.05) is 0 Å². The topological polar surface area (TPSA) is 123 Å². The first-order valence-corrected chi connectivity index (χ1v) is 16.0. The molecule has 1 fully saturated rings. The monoisotopic (exact) mass is 633 g/mol. The lowest BCUT2D eigenvalue weighted by Gasteiger charge is -2.41. The van der Waals surface area contributed by atoms with Crippen LogP contribution in [0.2, 0.25) is 0 Å². The number of hydrogen-bond donors (Lipinski definition) is 3. The molecule has 6 rings (SSSR count). The highest BCUT2D eigenvalue weighted by Crippen LogP contribution is 2.42. The first kappa shape index (κ1) is 32.1. The van der Waals surface area contributed by atoms with Gasteiger partial charge in [0.05, 0.1) is 42.7 Å². The zero-order valence-electron chi connectivity index (χ0n) is 26.3. The molecule has 0 unspecified atom stereocenters. The molecule has 242 valence electrons. The largest absolute Gasteiger partial charge is 0.481 e. The summed E-state index contributed by atoms with van der Waals surface area (Å²) in [5.41, 5.74) is 7.77. The van der Waals surface area contributed by atoms with Crippen LogP contribution in [0.15, 0.2) is 103 Å². The summed E-state index contributed by atoms with van der Waals surface area (Å²) < 4.78 is 15.5. The van der Waals surface area contributed by atoms with E-state index in [9.17, 15) is 14.7 Å². The average Bonchev–Trinajstić information content (AvgIpc) is 3.51. The predicted octanol–water partition coefficient (Wildman–Crippen LogP) is 6.56. The van der Waals surface area contributed by atoms with Crippen LogP contribution in [-0.2, 0) is 38.8 Å². The van der Waals surface area contributed by atoms with Crippen molar-refractivity contribution in [3.8, 4) is 11.1 Å². The van der Waals surface area contributed by atoms with Crippen molar-refractivity contribution < 1.29 is 29.3 Å². The fourth-order valence-corrected chi connectivity index (χ4v) is 6.06. The Kier molecular flexibility index (Phi) is 10.1. The van der Waals surface area contributed by atoms with Crippen molar-refractivity contribution >= 4 is 22.9 Å². The molecule has 1 aromatic heterocycles. The number of imidazole rings is 1. The summed E-state index contributed by atoms with van der Waals surface area (Å²) in [6, 6.07) is 32.1. The lowest BCUT2D eigenvalue weighted by atomic mass is 9.90. The van der Waals surface area contributed by atoms with Gasteiger partial charge in [-0.05, 0) is 52.4 Å². The molecule has 0 bridgehead atoms. The Labute approximate surface area is 273 Å². The Bertz CT molecular complexity index is 1820. The molecule has 2 heterocycles. The minimum Gasteiger partial charge on any atom is -0.481 e. The number of aliphatic hydroxyl groups excluding tert-OH is 1. The van der Waals surface area contributed by atoms with E-state index >= 15 is 0 Å². The molecular weight excluding hydrogens is 594 g/mol. The van der Waals surface area contributed by atoms with E-state index in [1.54, 1.807) is 0 Å². The second-order valence-electron chi connectivity index (χ2n) is 12.1. The number of carbonyl (C=O) groups excluding carboxylic acids is 1. The summed E-state index contributed by atoms with van der Waals surface area (Å²) in [6.45, 7) is 3.13. The van der Waals surface area contributed by atoms with Gasteiger partial charge in [-0.2, -0.15) is 0 Å². The molecule has 0 aliphatic carbocycles. The number of aliphatic carboxylic acids is 1. The quantitative estimate of drug-likeness (QED) is 0.142. The number of ether oxygens (including phenoxy) is 2. The molecule has 3 N–H and O–H groups in total. The summed E-state index contributed by atoms with van der Waals surface area (Å²) in [5.74, 6) is -1.03. The molecule has 5 aromatic rings. The van der Waals surface area contributed by atoms with Gasteiger partial charge in [-0.15, -0.1) is 0 Å². The SMILES string of the molecule is C[C@H]1[C@@H](Cn2cnc3ccccc32)O[C@@H](c2ccc(-c3cccc(CNC(=O)CCCC(=O)O)c3)cc2)O[C@H]1c1ccc(CO)cc1. The van der Waals surface area contributed by atoms with Crippen molar-refractivity contribution in [3.05, 3.63) is 126 Å². The predicted molar refractivity (Wildman–Crippen MR) is 178 cm³/mol. The van der Waals surface area contributed by atoms with E-state index in [0.717, 1.165) is 44.4 Å². The number of amides is 1. The maximum absolute atomic E-state index is 12.1. The maximum atomic E-state index is 12.1. The van der Waals surface area contributed by atoms with Gasteiger partial charge in [-0.25, -0.2) is 4.98 Å². The number of fused-ring (bicyclic) bond motifs is 1.